The van der Waals surface area contributed by atoms with E-state index >= 15 is 0 Å². The summed E-state index contributed by atoms with van der Waals surface area (Å²) < 4.78 is 0. The Morgan fingerprint density at radius 3 is 2.83 bits per heavy atom. The van der Waals surface area contributed by atoms with Gasteiger partial charge in [0.05, 0.1) is 0 Å². The number of hydrogen-bond donors (Lipinski definition) is 0. The summed E-state index contributed by atoms with van der Waals surface area (Å²) in [5.74, 6) is 0. The van der Waals surface area contributed by atoms with Crippen molar-refractivity contribution in [2.24, 2.45) is 0 Å². The van der Waals surface area contributed by atoms with Crippen LogP contribution in [0.3, 0.4) is 0 Å². The molecule has 12 heavy (non-hydrogen) atoms. The summed E-state index contributed by atoms with van der Waals surface area (Å²) in [6.45, 7) is 7.61. The first-order valence-corrected chi connectivity index (χ1v) is 3.73. The van der Waals surface area contributed by atoms with Crippen LogP contribution in [-0.4, -0.2) is 11.3 Å². The lowest BCUT2D eigenvalue weighted by Crippen LogP contribution is -1.92. The number of aryl methyl sites for hydroxylation is 1. The third kappa shape index (κ3) is 1.59. The fourth-order valence-electron chi connectivity index (χ4n) is 1.05. The molecule has 1 aromatic rings. The van der Waals surface area contributed by atoms with Crippen LogP contribution in [0.25, 0.3) is 5.57 Å². The van der Waals surface area contributed by atoms with Gasteiger partial charge in [0.2, 0.25) is 0 Å². The minimum Gasteiger partial charge on any atom is -0.298 e. The van der Waals surface area contributed by atoms with Gasteiger partial charge in [0, 0.05) is 17.5 Å². The summed E-state index contributed by atoms with van der Waals surface area (Å²) in [5, 5.41) is 0. The van der Waals surface area contributed by atoms with Gasteiger partial charge >= 0.3 is 0 Å². The Balaban J connectivity index is 3.25. The molecule has 1 aromatic heterocycles. The maximum atomic E-state index is 10.4. The summed E-state index contributed by atoms with van der Waals surface area (Å²) >= 11 is 0. The molecule has 2 heteroatoms. The Morgan fingerprint density at radius 1 is 1.67 bits per heavy atom. The van der Waals surface area contributed by atoms with Gasteiger partial charge in [-0.25, -0.2) is 0 Å². The zero-order valence-corrected chi connectivity index (χ0v) is 7.29. The highest BCUT2D eigenvalue weighted by atomic mass is 16.1. The molecule has 0 aliphatic rings. The minimum atomic E-state index is 0.596. The molecular weight excluding hydrogens is 150 g/mol. The van der Waals surface area contributed by atoms with E-state index in [0.717, 1.165) is 23.1 Å². The number of allylic oxidation sites excluding steroid dienone is 1. The molecule has 0 saturated heterocycles. The van der Waals surface area contributed by atoms with Gasteiger partial charge in [-0.1, -0.05) is 6.58 Å². The molecule has 0 aliphatic heterocycles. The van der Waals surface area contributed by atoms with Crippen molar-refractivity contribution < 1.29 is 4.79 Å². The molecule has 0 radical (unpaired) electrons. The second-order valence-electron chi connectivity index (χ2n) is 2.80. The molecule has 0 fully saturated rings. The predicted octanol–water partition coefficient (Wildman–Crippen LogP) is 2.24. The molecule has 0 aliphatic carbocycles. The minimum absolute atomic E-state index is 0.596. The SMILES string of the molecule is C=C(C)c1cc(C=O)cnc1C. The van der Waals surface area contributed by atoms with Crippen molar-refractivity contribution in [3.05, 3.63) is 35.7 Å². The molecule has 0 aromatic carbocycles. The zero-order chi connectivity index (χ0) is 9.14. The molecule has 1 rings (SSSR count). The number of carbonyl (C=O) groups excluding carboxylic acids is 1. The van der Waals surface area contributed by atoms with Crippen molar-refractivity contribution in [1.82, 2.24) is 4.98 Å². The smallest absolute Gasteiger partial charge is 0.151 e. The molecule has 0 spiro atoms. The summed E-state index contributed by atoms with van der Waals surface area (Å²) in [6, 6.07) is 1.80. The van der Waals surface area contributed by atoms with E-state index in [1.807, 2.05) is 13.8 Å². The lowest BCUT2D eigenvalue weighted by molar-refractivity contribution is 0.112. The fraction of sp³-hybridized carbons (Fsp3) is 0.200. The van der Waals surface area contributed by atoms with E-state index in [4.69, 9.17) is 0 Å². The number of hydrogen-bond acceptors (Lipinski definition) is 2. The van der Waals surface area contributed by atoms with Crippen molar-refractivity contribution >= 4 is 11.9 Å². The van der Waals surface area contributed by atoms with Gasteiger partial charge in [-0.15, -0.1) is 0 Å². The predicted molar refractivity (Wildman–Crippen MR) is 49.1 cm³/mol. The molecule has 0 atom stereocenters. The Morgan fingerprint density at radius 2 is 2.33 bits per heavy atom. The second-order valence-corrected chi connectivity index (χ2v) is 2.80. The molecular formula is C10H11NO. The summed E-state index contributed by atoms with van der Waals surface area (Å²) in [4.78, 5) is 14.5. The molecule has 62 valence electrons. The molecule has 0 amide bonds. The Labute approximate surface area is 71.9 Å². The summed E-state index contributed by atoms with van der Waals surface area (Å²) in [6.07, 6.45) is 2.35. The maximum Gasteiger partial charge on any atom is 0.151 e. The van der Waals surface area contributed by atoms with Crippen LogP contribution in [0.2, 0.25) is 0 Å². The van der Waals surface area contributed by atoms with E-state index < -0.39 is 0 Å². The normalized spacial score (nSPS) is 9.50. The van der Waals surface area contributed by atoms with Crippen LogP contribution in [-0.2, 0) is 0 Å². The van der Waals surface area contributed by atoms with E-state index in [-0.39, 0.29) is 0 Å². The lowest BCUT2D eigenvalue weighted by atomic mass is 10.1. The number of pyridine rings is 1. The first kappa shape index (κ1) is 8.65. The monoisotopic (exact) mass is 161 g/mol. The van der Waals surface area contributed by atoms with Crippen LogP contribution in [0.4, 0.5) is 0 Å². The van der Waals surface area contributed by atoms with E-state index in [0.29, 0.717) is 5.56 Å². The highest BCUT2D eigenvalue weighted by molar-refractivity contribution is 5.77. The Bertz CT molecular complexity index is 329. The van der Waals surface area contributed by atoms with Crippen molar-refractivity contribution in [2.45, 2.75) is 13.8 Å². The number of aldehydes is 1. The van der Waals surface area contributed by atoms with E-state index in [2.05, 4.69) is 11.6 Å². The lowest BCUT2D eigenvalue weighted by Gasteiger charge is -2.03. The van der Waals surface area contributed by atoms with Crippen molar-refractivity contribution in [3.63, 3.8) is 0 Å². The van der Waals surface area contributed by atoms with Crippen LogP contribution in [0.15, 0.2) is 18.8 Å². The van der Waals surface area contributed by atoms with Crippen LogP contribution >= 0.6 is 0 Å². The highest BCUT2D eigenvalue weighted by Crippen LogP contribution is 2.15. The van der Waals surface area contributed by atoms with Gasteiger partial charge in [-0.2, -0.15) is 0 Å². The molecule has 0 bridgehead atoms. The van der Waals surface area contributed by atoms with Crippen LogP contribution in [0, 0.1) is 6.92 Å². The molecule has 0 saturated carbocycles. The molecule has 0 N–H and O–H groups in total. The standard InChI is InChI=1S/C10H11NO/c1-7(2)10-4-9(6-12)5-11-8(10)3/h4-6H,1H2,2-3H3. The molecule has 0 unspecified atom stereocenters. The van der Waals surface area contributed by atoms with Crippen molar-refractivity contribution in [1.29, 1.82) is 0 Å². The third-order valence-corrected chi connectivity index (χ3v) is 1.70. The van der Waals surface area contributed by atoms with Crippen LogP contribution < -0.4 is 0 Å². The number of nitrogens with zero attached hydrogens (tertiary/aromatic N) is 1. The van der Waals surface area contributed by atoms with Gasteiger partial charge in [0.15, 0.2) is 6.29 Å². The van der Waals surface area contributed by atoms with Gasteiger partial charge in [-0.05, 0) is 31.1 Å². The topological polar surface area (TPSA) is 30.0 Å². The largest absolute Gasteiger partial charge is 0.298 e. The van der Waals surface area contributed by atoms with Crippen molar-refractivity contribution in [3.8, 4) is 0 Å². The number of carbonyl (C=O) groups is 1. The van der Waals surface area contributed by atoms with Crippen LogP contribution in [0.1, 0.15) is 28.5 Å². The van der Waals surface area contributed by atoms with E-state index in [1.54, 1.807) is 12.3 Å². The Kier molecular flexibility index (Phi) is 2.38. The van der Waals surface area contributed by atoms with Crippen LogP contribution in [0.5, 0.6) is 0 Å². The Hall–Kier alpha value is -1.44. The average Bonchev–Trinajstić information content (AvgIpc) is 2.05. The van der Waals surface area contributed by atoms with Gasteiger partial charge in [0.1, 0.15) is 0 Å². The van der Waals surface area contributed by atoms with E-state index in [1.165, 1.54) is 0 Å². The summed E-state index contributed by atoms with van der Waals surface area (Å²) in [7, 11) is 0. The average molecular weight is 161 g/mol. The zero-order valence-electron chi connectivity index (χ0n) is 7.29. The fourth-order valence-corrected chi connectivity index (χ4v) is 1.05. The van der Waals surface area contributed by atoms with Gasteiger partial charge in [0.25, 0.3) is 0 Å². The van der Waals surface area contributed by atoms with Crippen molar-refractivity contribution in [2.75, 3.05) is 0 Å². The second kappa shape index (κ2) is 3.30. The maximum absolute atomic E-state index is 10.4. The number of rotatable bonds is 2. The molecule has 2 nitrogen and oxygen atoms in total. The highest BCUT2D eigenvalue weighted by Gasteiger charge is 2.00. The van der Waals surface area contributed by atoms with E-state index in [9.17, 15) is 4.79 Å². The number of aromatic nitrogens is 1. The quantitative estimate of drug-likeness (QED) is 0.622. The summed E-state index contributed by atoms with van der Waals surface area (Å²) in [5.41, 5.74) is 3.40. The third-order valence-electron chi connectivity index (χ3n) is 1.70. The first-order chi connectivity index (χ1) is 5.65. The van der Waals surface area contributed by atoms with Gasteiger partial charge in [-0.3, -0.25) is 9.78 Å². The first-order valence-electron chi connectivity index (χ1n) is 3.73. The molecule has 1 heterocycles. The van der Waals surface area contributed by atoms with Gasteiger partial charge < -0.3 is 0 Å².